The first-order valence-corrected chi connectivity index (χ1v) is 6.24. The standard InChI is InChI=1S/C14H17N3O/c1-10(12-5-2-4-11(8-12)9-15)17-14(18)13-6-3-7-16-13/h2,4-5,8,10,13,16H,3,6-7H2,1H3,(H,17,18)/t10-,13+/m1/s1. The lowest BCUT2D eigenvalue weighted by Gasteiger charge is -2.17. The molecule has 4 nitrogen and oxygen atoms in total. The van der Waals surface area contributed by atoms with E-state index in [1.54, 1.807) is 6.07 Å². The Labute approximate surface area is 107 Å². The van der Waals surface area contributed by atoms with Crippen LogP contribution in [0.25, 0.3) is 0 Å². The van der Waals surface area contributed by atoms with Gasteiger partial charge in [0.25, 0.3) is 0 Å². The summed E-state index contributed by atoms with van der Waals surface area (Å²) in [5.41, 5.74) is 1.58. The summed E-state index contributed by atoms with van der Waals surface area (Å²) in [5, 5.41) is 15.0. The summed E-state index contributed by atoms with van der Waals surface area (Å²) in [6.07, 6.45) is 1.95. The summed E-state index contributed by atoms with van der Waals surface area (Å²) in [4.78, 5) is 11.9. The van der Waals surface area contributed by atoms with Crippen LogP contribution in [0.3, 0.4) is 0 Å². The van der Waals surface area contributed by atoms with Gasteiger partial charge in [0.15, 0.2) is 0 Å². The van der Waals surface area contributed by atoms with E-state index in [0.29, 0.717) is 5.56 Å². The zero-order chi connectivity index (χ0) is 13.0. The van der Waals surface area contributed by atoms with Gasteiger partial charge in [0, 0.05) is 0 Å². The number of carbonyl (C=O) groups is 1. The number of nitrogens with one attached hydrogen (secondary N) is 2. The van der Waals surface area contributed by atoms with Crippen LogP contribution in [0.15, 0.2) is 24.3 Å². The van der Waals surface area contributed by atoms with Crippen molar-refractivity contribution in [3.05, 3.63) is 35.4 Å². The molecule has 1 aromatic rings. The minimum absolute atomic E-state index is 0.0439. The first-order chi connectivity index (χ1) is 8.70. The zero-order valence-electron chi connectivity index (χ0n) is 10.4. The number of carbonyl (C=O) groups excluding carboxylic acids is 1. The van der Waals surface area contributed by atoms with Crippen LogP contribution in [0.5, 0.6) is 0 Å². The molecule has 0 saturated carbocycles. The fourth-order valence-corrected chi connectivity index (χ4v) is 2.18. The van der Waals surface area contributed by atoms with Crippen molar-refractivity contribution in [1.29, 1.82) is 5.26 Å². The van der Waals surface area contributed by atoms with Gasteiger partial charge in [-0.1, -0.05) is 12.1 Å². The van der Waals surface area contributed by atoms with Gasteiger partial charge in [-0.2, -0.15) is 5.26 Å². The molecule has 0 unspecified atom stereocenters. The van der Waals surface area contributed by atoms with Gasteiger partial charge >= 0.3 is 0 Å². The highest BCUT2D eigenvalue weighted by molar-refractivity contribution is 5.82. The molecule has 2 rings (SSSR count). The molecule has 1 aliphatic heterocycles. The van der Waals surface area contributed by atoms with Gasteiger partial charge in [0.1, 0.15) is 0 Å². The van der Waals surface area contributed by atoms with Gasteiger partial charge in [-0.3, -0.25) is 4.79 Å². The van der Waals surface area contributed by atoms with Crippen molar-refractivity contribution < 1.29 is 4.79 Å². The first kappa shape index (κ1) is 12.6. The second kappa shape index (κ2) is 5.65. The SMILES string of the molecule is C[C@@H](NC(=O)[C@@H]1CCCN1)c1cccc(C#N)c1. The van der Waals surface area contributed by atoms with Gasteiger partial charge in [-0.05, 0) is 44.0 Å². The van der Waals surface area contributed by atoms with E-state index < -0.39 is 0 Å². The largest absolute Gasteiger partial charge is 0.348 e. The van der Waals surface area contributed by atoms with E-state index in [0.717, 1.165) is 24.9 Å². The lowest BCUT2D eigenvalue weighted by molar-refractivity contribution is -0.123. The Kier molecular flexibility index (Phi) is 3.96. The third-order valence-corrected chi connectivity index (χ3v) is 3.25. The molecule has 1 fully saturated rings. The molecule has 1 heterocycles. The lowest BCUT2D eigenvalue weighted by atomic mass is 10.1. The Morgan fingerprint density at radius 2 is 2.44 bits per heavy atom. The van der Waals surface area contributed by atoms with E-state index in [4.69, 9.17) is 5.26 Å². The topological polar surface area (TPSA) is 64.9 Å². The highest BCUT2D eigenvalue weighted by Crippen LogP contribution is 2.15. The Balaban J connectivity index is 2.00. The number of hydrogen-bond donors (Lipinski definition) is 2. The van der Waals surface area contributed by atoms with Gasteiger partial charge in [-0.15, -0.1) is 0 Å². The Morgan fingerprint density at radius 1 is 1.61 bits per heavy atom. The molecule has 2 atom stereocenters. The molecule has 1 aliphatic rings. The van der Waals surface area contributed by atoms with Crippen molar-refractivity contribution in [1.82, 2.24) is 10.6 Å². The summed E-state index contributed by atoms with van der Waals surface area (Å²) in [5.74, 6) is 0.0439. The van der Waals surface area contributed by atoms with Gasteiger partial charge in [0.2, 0.25) is 5.91 Å². The van der Waals surface area contributed by atoms with Crippen LogP contribution >= 0.6 is 0 Å². The molecule has 1 aromatic carbocycles. The van der Waals surface area contributed by atoms with Crippen molar-refractivity contribution in [3.8, 4) is 6.07 Å². The van der Waals surface area contributed by atoms with Gasteiger partial charge < -0.3 is 10.6 Å². The molecule has 1 amide bonds. The van der Waals surface area contributed by atoms with Crippen LogP contribution in [0.1, 0.15) is 36.9 Å². The van der Waals surface area contributed by atoms with E-state index >= 15 is 0 Å². The highest BCUT2D eigenvalue weighted by Gasteiger charge is 2.23. The summed E-state index contributed by atoms with van der Waals surface area (Å²) >= 11 is 0. The molecule has 2 N–H and O–H groups in total. The number of benzene rings is 1. The van der Waals surface area contributed by atoms with E-state index in [2.05, 4.69) is 16.7 Å². The number of nitriles is 1. The average Bonchev–Trinajstić information content (AvgIpc) is 2.92. The van der Waals surface area contributed by atoms with E-state index in [9.17, 15) is 4.79 Å². The van der Waals surface area contributed by atoms with Gasteiger partial charge in [0.05, 0.1) is 23.7 Å². The van der Waals surface area contributed by atoms with Crippen molar-refractivity contribution in [2.24, 2.45) is 0 Å². The van der Waals surface area contributed by atoms with Crippen LogP contribution in [0, 0.1) is 11.3 Å². The number of hydrogen-bond acceptors (Lipinski definition) is 3. The normalized spacial score (nSPS) is 20.1. The number of rotatable bonds is 3. The fraction of sp³-hybridized carbons (Fsp3) is 0.429. The number of nitrogens with zero attached hydrogens (tertiary/aromatic N) is 1. The number of amides is 1. The molecule has 94 valence electrons. The molecule has 4 heteroatoms. The minimum atomic E-state index is -0.0757. The summed E-state index contributed by atoms with van der Waals surface area (Å²) in [7, 11) is 0. The summed E-state index contributed by atoms with van der Waals surface area (Å²) in [6, 6.07) is 9.30. The van der Waals surface area contributed by atoms with E-state index in [1.165, 1.54) is 0 Å². The molecular formula is C14H17N3O. The van der Waals surface area contributed by atoms with Crippen LogP contribution in [-0.4, -0.2) is 18.5 Å². The summed E-state index contributed by atoms with van der Waals surface area (Å²) in [6.45, 7) is 2.85. The van der Waals surface area contributed by atoms with Crippen LogP contribution in [0.2, 0.25) is 0 Å². The summed E-state index contributed by atoms with van der Waals surface area (Å²) < 4.78 is 0. The third kappa shape index (κ3) is 2.88. The fourth-order valence-electron chi connectivity index (χ4n) is 2.18. The molecule has 0 spiro atoms. The third-order valence-electron chi connectivity index (χ3n) is 3.25. The maximum absolute atomic E-state index is 11.9. The predicted molar refractivity (Wildman–Crippen MR) is 68.7 cm³/mol. The van der Waals surface area contributed by atoms with Crippen LogP contribution < -0.4 is 10.6 Å². The molecule has 18 heavy (non-hydrogen) atoms. The molecule has 0 bridgehead atoms. The highest BCUT2D eigenvalue weighted by atomic mass is 16.2. The van der Waals surface area contributed by atoms with E-state index in [-0.39, 0.29) is 18.0 Å². The smallest absolute Gasteiger partial charge is 0.237 e. The predicted octanol–water partition coefficient (Wildman–Crippen LogP) is 1.49. The first-order valence-electron chi connectivity index (χ1n) is 6.24. The lowest BCUT2D eigenvalue weighted by Crippen LogP contribution is -2.41. The molecule has 0 radical (unpaired) electrons. The zero-order valence-corrected chi connectivity index (χ0v) is 10.4. The second-order valence-corrected chi connectivity index (χ2v) is 4.62. The molecule has 0 aliphatic carbocycles. The van der Waals surface area contributed by atoms with Crippen LogP contribution in [-0.2, 0) is 4.79 Å². The van der Waals surface area contributed by atoms with Crippen LogP contribution in [0.4, 0.5) is 0 Å². The second-order valence-electron chi connectivity index (χ2n) is 4.62. The van der Waals surface area contributed by atoms with Crippen molar-refractivity contribution in [3.63, 3.8) is 0 Å². The Bertz CT molecular complexity index is 472. The Morgan fingerprint density at radius 3 is 3.11 bits per heavy atom. The van der Waals surface area contributed by atoms with Crippen molar-refractivity contribution in [2.75, 3.05) is 6.54 Å². The van der Waals surface area contributed by atoms with Gasteiger partial charge in [-0.25, -0.2) is 0 Å². The van der Waals surface area contributed by atoms with Crippen molar-refractivity contribution >= 4 is 5.91 Å². The van der Waals surface area contributed by atoms with Crippen molar-refractivity contribution in [2.45, 2.75) is 31.8 Å². The monoisotopic (exact) mass is 243 g/mol. The average molecular weight is 243 g/mol. The van der Waals surface area contributed by atoms with E-state index in [1.807, 2.05) is 25.1 Å². The quantitative estimate of drug-likeness (QED) is 0.845. The minimum Gasteiger partial charge on any atom is -0.348 e. The Hall–Kier alpha value is -1.86. The molecular weight excluding hydrogens is 226 g/mol. The molecule has 0 aromatic heterocycles. The molecule has 1 saturated heterocycles. The maximum Gasteiger partial charge on any atom is 0.237 e. The maximum atomic E-state index is 11.9.